The van der Waals surface area contributed by atoms with Gasteiger partial charge in [0.2, 0.25) is 0 Å². The van der Waals surface area contributed by atoms with E-state index in [1.165, 1.54) is 42.4 Å². The molecule has 15 heavy (non-hydrogen) atoms. The summed E-state index contributed by atoms with van der Waals surface area (Å²) in [5.41, 5.74) is 11.3. The molecule has 0 radical (unpaired) electrons. The fraction of sp³-hybridized carbons (Fsp3) is 0.571. The highest BCUT2D eigenvalue weighted by Gasteiger charge is 2.64. The molecule has 0 aliphatic heterocycles. The molecule has 1 aromatic carbocycles. The summed E-state index contributed by atoms with van der Waals surface area (Å²) in [5, 5.41) is 0. The molecule has 2 N–H and O–H groups in total. The van der Waals surface area contributed by atoms with Gasteiger partial charge in [-0.2, -0.15) is 0 Å². The summed E-state index contributed by atoms with van der Waals surface area (Å²) < 4.78 is 0. The maximum Gasteiger partial charge on any atom is 0.0253 e. The van der Waals surface area contributed by atoms with Crippen LogP contribution in [0.5, 0.6) is 0 Å². The highest BCUT2D eigenvalue weighted by atomic mass is 14.9. The van der Waals surface area contributed by atoms with E-state index < -0.39 is 0 Å². The molecule has 0 aromatic heterocycles. The molecule has 0 unspecified atom stereocenters. The van der Waals surface area contributed by atoms with Crippen LogP contribution in [0, 0.1) is 13.8 Å². The first-order valence-electron chi connectivity index (χ1n) is 5.94. The van der Waals surface area contributed by atoms with Gasteiger partial charge in [0, 0.05) is 11.0 Å². The van der Waals surface area contributed by atoms with Crippen LogP contribution in [0.1, 0.15) is 42.4 Å². The predicted octanol–water partition coefficient (Wildman–Crippen LogP) is 2.83. The molecular formula is C14H19N. The normalized spacial score (nSPS) is 25.0. The second-order valence-electron chi connectivity index (χ2n) is 5.56. The monoisotopic (exact) mass is 201 g/mol. The maximum atomic E-state index is 6.44. The minimum Gasteiger partial charge on any atom is -0.324 e. The lowest BCUT2D eigenvalue weighted by Crippen LogP contribution is -2.37. The molecule has 0 bridgehead atoms. The van der Waals surface area contributed by atoms with Gasteiger partial charge in [0.15, 0.2) is 0 Å². The van der Waals surface area contributed by atoms with Gasteiger partial charge in [0.1, 0.15) is 0 Å². The number of hydrogen-bond donors (Lipinski definition) is 1. The topological polar surface area (TPSA) is 26.0 Å². The summed E-state index contributed by atoms with van der Waals surface area (Å²) in [6.07, 6.45) is 5.04. The fourth-order valence-corrected chi connectivity index (χ4v) is 3.03. The first kappa shape index (κ1) is 9.41. The van der Waals surface area contributed by atoms with Gasteiger partial charge in [0.25, 0.3) is 0 Å². The third kappa shape index (κ3) is 1.19. The van der Waals surface area contributed by atoms with Gasteiger partial charge in [0.05, 0.1) is 0 Å². The number of nitrogens with two attached hydrogens (primary N) is 1. The van der Waals surface area contributed by atoms with Gasteiger partial charge < -0.3 is 5.73 Å². The minimum atomic E-state index is 0.144. The summed E-state index contributed by atoms with van der Waals surface area (Å²) in [7, 11) is 0. The predicted molar refractivity (Wildman–Crippen MR) is 63.0 cm³/mol. The first-order valence-corrected chi connectivity index (χ1v) is 5.94. The Balaban J connectivity index is 2.09. The number of benzene rings is 1. The standard InChI is InChI=1S/C14H19N/c1-10-3-4-11(2)12(9-10)13(5-6-13)14(15)7-8-14/h3-4,9H,5-8,15H2,1-2H3. The van der Waals surface area contributed by atoms with Crippen LogP contribution in [0.4, 0.5) is 0 Å². The molecule has 0 spiro atoms. The van der Waals surface area contributed by atoms with E-state index in [1.54, 1.807) is 0 Å². The van der Waals surface area contributed by atoms with E-state index >= 15 is 0 Å². The van der Waals surface area contributed by atoms with Crippen LogP contribution in [0.15, 0.2) is 18.2 Å². The molecule has 2 aliphatic carbocycles. The van der Waals surface area contributed by atoms with Crippen LogP contribution < -0.4 is 5.73 Å². The second-order valence-corrected chi connectivity index (χ2v) is 5.56. The zero-order valence-electron chi connectivity index (χ0n) is 9.64. The lowest BCUT2D eigenvalue weighted by Gasteiger charge is -2.25. The van der Waals surface area contributed by atoms with Crippen molar-refractivity contribution in [3.8, 4) is 0 Å². The highest BCUT2D eigenvalue weighted by molar-refractivity contribution is 5.46. The van der Waals surface area contributed by atoms with Crippen LogP contribution in [0.3, 0.4) is 0 Å². The number of rotatable bonds is 2. The van der Waals surface area contributed by atoms with Crippen LogP contribution in [0.2, 0.25) is 0 Å². The highest BCUT2D eigenvalue weighted by Crippen LogP contribution is 2.64. The largest absolute Gasteiger partial charge is 0.324 e. The first-order chi connectivity index (χ1) is 7.07. The van der Waals surface area contributed by atoms with Gasteiger partial charge in [-0.05, 0) is 50.7 Å². The molecule has 2 aliphatic rings. The van der Waals surface area contributed by atoms with Gasteiger partial charge in [-0.1, -0.05) is 23.8 Å². The molecule has 0 heterocycles. The van der Waals surface area contributed by atoms with E-state index in [4.69, 9.17) is 5.73 Å². The smallest absolute Gasteiger partial charge is 0.0253 e. The summed E-state index contributed by atoms with van der Waals surface area (Å²) >= 11 is 0. The Bertz CT molecular complexity index is 411. The van der Waals surface area contributed by atoms with Crippen molar-refractivity contribution in [3.05, 3.63) is 34.9 Å². The van der Waals surface area contributed by atoms with E-state index in [0.717, 1.165) is 0 Å². The summed E-state index contributed by atoms with van der Waals surface area (Å²) in [4.78, 5) is 0. The van der Waals surface area contributed by atoms with Crippen molar-refractivity contribution in [2.45, 2.75) is 50.5 Å². The van der Waals surface area contributed by atoms with Crippen LogP contribution in [0.25, 0.3) is 0 Å². The average molecular weight is 201 g/mol. The average Bonchev–Trinajstić information content (AvgIpc) is 3.05. The van der Waals surface area contributed by atoms with Gasteiger partial charge in [-0.3, -0.25) is 0 Å². The molecule has 0 amide bonds. The SMILES string of the molecule is Cc1ccc(C)c(C2(C3(N)CC3)CC2)c1. The van der Waals surface area contributed by atoms with E-state index in [0.29, 0.717) is 5.41 Å². The Hall–Kier alpha value is -0.820. The lowest BCUT2D eigenvalue weighted by atomic mass is 9.83. The molecule has 80 valence electrons. The molecule has 3 rings (SSSR count). The van der Waals surface area contributed by atoms with Crippen molar-refractivity contribution in [2.24, 2.45) is 5.73 Å². The molecule has 0 atom stereocenters. The van der Waals surface area contributed by atoms with E-state index in [-0.39, 0.29) is 5.54 Å². The van der Waals surface area contributed by atoms with Gasteiger partial charge in [-0.15, -0.1) is 0 Å². The third-order valence-corrected chi connectivity index (χ3v) is 4.40. The van der Waals surface area contributed by atoms with Crippen LogP contribution in [-0.2, 0) is 5.41 Å². The fourth-order valence-electron chi connectivity index (χ4n) is 3.03. The zero-order chi connectivity index (χ0) is 10.7. The van der Waals surface area contributed by atoms with Crippen molar-refractivity contribution < 1.29 is 0 Å². The minimum absolute atomic E-state index is 0.144. The molecule has 1 nitrogen and oxygen atoms in total. The zero-order valence-corrected chi connectivity index (χ0v) is 9.64. The Labute approximate surface area is 91.7 Å². The van der Waals surface area contributed by atoms with E-state index in [9.17, 15) is 0 Å². The molecule has 1 aromatic rings. The van der Waals surface area contributed by atoms with Crippen molar-refractivity contribution in [1.29, 1.82) is 0 Å². The van der Waals surface area contributed by atoms with Gasteiger partial charge in [-0.25, -0.2) is 0 Å². The second kappa shape index (κ2) is 2.65. The Morgan fingerprint density at radius 3 is 2.27 bits per heavy atom. The Morgan fingerprint density at radius 2 is 1.73 bits per heavy atom. The van der Waals surface area contributed by atoms with E-state index in [2.05, 4.69) is 32.0 Å². The van der Waals surface area contributed by atoms with Gasteiger partial charge >= 0.3 is 0 Å². The quantitative estimate of drug-likeness (QED) is 0.782. The Kier molecular flexibility index (Phi) is 1.66. The van der Waals surface area contributed by atoms with E-state index in [1.807, 2.05) is 0 Å². The molecule has 0 saturated heterocycles. The number of hydrogen-bond acceptors (Lipinski definition) is 1. The molecule has 1 heteroatoms. The summed E-state index contributed by atoms with van der Waals surface area (Å²) in [6.45, 7) is 4.40. The Morgan fingerprint density at radius 1 is 1.07 bits per heavy atom. The van der Waals surface area contributed by atoms with Crippen molar-refractivity contribution in [3.63, 3.8) is 0 Å². The van der Waals surface area contributed by atoms with Crippen molar-refractivity contribution in [1.82, 2.24) is 0 Å². The molecule has 2 fully saturated rings. The summed E-state index contributed by atoms with van der Waals surface area (Å²) in [6, 6.07) is 6.80. The summed E-state index contributed by atoms with van der Waals surface area (Å²) in [5.74, 6) is 0. The van der Waals surface area contributed by atoms with Crippen LogP contribution >= 0.6 is 0 Å². The number of aryl methyl sites for hydroxylation is 2. The maximum absolute atomic E-state index is 6.44. The molecule has 2 saturated carbocycles. The van der Waals surface area contributed by atoms with Crippen LogP contribution in [-0.4, -0.2) is 5.54 Å². The third-order valence-electron chi connectivity index (χ3n) is 4.40. The lowest BCUT2D eigenvalue weighted by molar-refractivity contribution is 0.501. The van der Waals surface area contributed by atoms with Crippen molar-refractivity contribution in [2.75, 3.05) is 0 Å². The molecular weight excluding hydrogens is 182 g/mol. The van der Waals surface area contributed by atoms with Crippen molar-refractivity contribution >= 4 is 0 Å².